The molecule has 0 amide bonds. The molecule has 2 fully saturated rings. The van der Waals surface area contributed by atoms with Crippen molar-refractivity contribution < 1.29 is 6.16 Å². The Morgan fingerprint density at radius 1 is 1.25 bits per heavy atom. The summed E-state index contributed by atoms with van der Waals surface area (Å²) >= 11 is 0. The molecule has 1 saturated heterocycles. The Labute approximate surface area is 101 Å². The van der Waals surface area contributed by atoms with Gasteiger partial charge in [-0.15, -0.1) is 0 Å². The van der Waals surface area contributed by atoms with E-state index in [0.717, 1.165) is 0 Å². The number of rotatable bonds is 2. The maximum absolute atomic E-state index is 6.15. The summed E-state index contributed by atoms with van der Waals surface area (Å²) in [6, 6.07) is 0. The maximum atomic E-state index is 6.15. The van der Waals surface area contributed by atoms with Gasteiger partial charge in [-0.2, -0.15) is 0 Å². The average Bonchev–Trinajstić information content (AvgIpc) is 2.83. The van der Waals surface area contributed by atoms with Crippen molar-refractivity contribution in [3.8, 4) is 0 Å². The Morgan fingerprint density at radius 2 is 1.94 bits per heavy atom. The van der Waals surface area contributed by atoms with Crippen LogP contribution in [0.2, 0.25) is 0 Å². The van der Waals surface area contributed by atoms with E-state index in [4.69, 9.17) is 4.74 Å². The minimum atomic E-state index is -0.0114. The first-order valence-corrected chi connectivity index (χ1v) is 6.39. The van der Waals surface area contributed by atoms with E-state index >= 15 is 0 Å². The smallest absolute Gasteiger partial charge is 0.121 e. The molecule has 2 atom stereocenters. The fourth-order valence-electron chi connectivity index (χ4n) is 3.25. The van der Waals surface area contributed by atoms with Gasteiger partial charge in [0.1, 0.15) is 5.60 Å². The first-order chi connectivity index (χ1) is 7.37. The summed E-state index contributed by atoms with van der Waals surface area (Å²) < 4.78 is 6.15. The van der Waals surface area contributed by atoms with Crippen LogP contribution >= 0.6 is 0 Å². The van der Waals surface area contributed by atoms with Crippen molar-refractivity contribution in [3.63, 3.8) is 0 Å². The van der Waals surface area contributed by atoms with E-state index in [1.54, 1.807) is 0 Å². The maximum Gasteiger partial charge on any atom is 0.121 e. The summed E-state index contributed by atoms with van der Waals surface area (Å²) in [4.78, 5) is 0. The van der Waals surface area contributed by atoms with Gasteiger partial charge in [-0.25, -0.2) is 0 Å². The third-order valence-electron chi connectivity index (χ3n) is 4.63. The van der Waals surface area contributed by atoms with E-state index in [2.05, 4.69) is 52.8 Å². The lowest BCUT2D eigenvalue weighted by Crippen LogP contribution is -2.41. The van der Waals surface area contributed by atoms with Crippen molar-refractivity contribution in [2.75, 3.05) is 0 Å². The van der Waals surface area contributed by atoms with Crippen LogP contribution in [0.4, 0.5) is 0 Å². The van der Waals surface area contributed by atoms with Crippen LogP contribution in [0.1, 0.15) is 55.3 Å². The van der Waals surface area contributed by atoms with Crippen LogP contribution in [-0.4, -0.2) is 11.2 Å². The Balaban J connectivity index is 0.00000144. The van der Waals surface area contributed by atoms with Crippen LogP contribution in [0.3, 0.4) is 0 Å². The second-order valence-electron chi connectivity index (χ2n) is 6.17. The third kappa shape index (κ3) is 1.48. The molecule has 2 unspecified atom stereocenters. The second-order valence-corrected chi connectivity index (χ2v) is 6.17. The number of hydrogen-bond donors (Lipinski definition) is 0. The molecule has 2 aliphatic rings. The van der Waals surface area contributed by atoms with E-state index in [-0.39, 0.29) is 18.0 Å². The van der Waals surface area contributed by atoms with Crippen molar-refractivity contribution in [2.45, 2.75) is 65.1 Å². The molecule has 2 rings (SSSR count). The highest BCUT2D eigenvalue weighted by Gasteiger charge is 2.72. The summed E-state index contributed by atoms with van der Waals surface area (Å²) in [5.74, 6) is 0. The molecule has 1 aliphatic carbocycles. The van der Waals surface area contributed by atoms with Gasteiger partial charge >= 0.3 is 0 Å². The van der Waals surface area contributed by atoms with Gasteiger partial charge in [-0.05, 0) is 46.1 Å². The van der Waals surface area contributed by atoms with Gasteiger partial charge in [-0.1, -0.05) is 31.6 Å². The van der Waals surface area contributed by atoms with Gasteiger partial charge in [0.15, 0.2) is 0 Å². The number of hydrogen-bond acceptors (Lipinski definition) is 1. The largest absolute Gasteiger partial charge is 0.358 e. The van der Waals surface area contributed by atoms with Crippen LogP contribution in [0.15, 0.2) is 23.8 Å². The molecule has 1 nitrogen and oxygen atoms in total. The number of allylic oxidation sites excluding steroid dienone is 3. The standard InChI is InChI=1S/C15H24O.H2/c1-6-12(2)8-11-15-13(3,4)9-7-10-14(15,5)16-15;/h6,8,11H,7,9-10H2,1-5H3;1H/b11-8+,12-6+;. The fourth-order valence-corrected chi connectivity index (χ4v) is 3.25. The number of epoxide rings is 1. The van der Waals surface area contributed by atoms with Gasteiger partial charge in [0.25, 0.3) is 0 Å². The molecule has 0 aromatic carbocycles. The quantitative estimate of drug-likeness (QED) is 0.495. The van der Waals surface area contributed by atoms with Crippen molar-refractivity contribution >= 4 is 0 Å². The predicted octanol–water partition coefficient (Wildman–Crippen LogP) is 4.49. The topological polar surface area (TPSA) is 12.5 Å². The summed E-state index contributed by atoms with van der Waals surface area (Å²) in [7, 11) is 0. The highest BCUT2D eigenvalue weighted by molar-refractivity contribution is 5.34. The lowest BCUT2D eigenvalue weighted by molar-refractivity contribution is 0.166. The zero-order valence-electron chi connectivity index (χ0n) is 11.3. The highest BCUT2D eigenvalue weighted by atomic mass is 16.6. The van der Waals surface area contributed by atoms with Gasteiger partial charge < -0.3 is 4.74 Å². The number of ether oxygens (including phenoxy) is 1. The van der Waals surface area contributed by atoms with Crippen LogP contribution in [0.5, 0.6) is 0 Å². The summed E-state index contributed by atoms with van der Waals surface area (Å²) in [6.07, 6.45) is 10.4. The highest BCUT2D eigenvalue weighted by Crippen LogP contribution is 2.66. The molecule has 0 aromatic rings. The normalized spacial score (nSPS) is 42.2. The lowest BCUT2D eigenvalue weighted by Gasteiger charge is -2.36. The minimum absolute atomic E-state index is 0. The monoisotopic (exact) mass is 222 g/mol. The van der Waals surface area contributed by atoms with Crippen LogP contribution in [0.25, 0.3) is 0 Å². The van der Waals surface area contributed by atoms with Gasteiger partial charge in [0.05, 0.1) is 5.60 Å². The van der Waals surface area contributed by atoms with Crippen molar-refractivity contribution in [1.29, 1.82) is 0 Å². The number of fused-ring (bicyclic) bond motifs is 1. The second kappa shape index (κ2) is 3.46. The molecule has 0 spiro atoms. The first-order valence-electron chi connectivity index (χ1n) is 6.39. The zero-order valence-corrected chi connectivity index (χ0v) is 11.3. The fraction of sp³-hybridized carbons (Fsp3) is 0.733. The van der Waals surface area contributed by atoms with Crippen molar-refractivity contribution in [2.24, 2.45) is 5.41 Å². The molecular weight excluding hydrogens is 196 g/mol. The van der Waals surface area contributed by atoms with E-state index in [9.17, 15) is 0 Å². The van der Waals surface area contributed by atoms with Gasteiger partial charge in [-0.3, -0.25) is 0 Å². The van der Waals surface area contributed by atoms with Crippen LogP contribution < -0.4 is 0 Å². The third-order valence-corrected chi connectivity index (χ3v) is 4.63. The summed E-state index contributed by atoms with van der Waals surface area (Å²) in [5.41, 5.74) is 1.67. The molecular formula is C15H26O. The van der Waals surface area contributed by atoms with Crippen molar-refractivity contribution in [1.82, 2.24) is 0 Å². The minimum Gasteiger partial charge on any atom is -0.358 e. The van der Waals surface area contributed by atoms with Gasteiger partial charge in [0, 0.05) is 6.84 Å². The van der Waals surface area contributed by atoms with E-state index < -0.39 is 0 Å². The Kier molecular flexibility index (Phi) is 2.58. The molecule has 1 saturated carbocycles. The molecule has 1 heterocycles. The van der Waals surface area contributed by atoms with Crippen LogP contribution in [0, 0.1) is 5.41 Å². The summed E-state index contributed by atoms with van der Waals surface area (Å²) in [5, 5.41) is 0. The Morgan fingerprint density at radius 3 is 2.50 bits per heavy atom. The van der Waals surface area contributed by atoms with Crippen LogP contribution in [-0.2, 0) is 4.74 Å². The van der Waals surface area contributed by atoms with E-state index in [1.807, 2.05) is 0 Å². The molecule has 1 aliphatic heterocycles. The molecule has 0 N–H and O–H groups in total. The molecule has 0 aromatic heterocycles. The molecule has 1 heteroatoms. The first kappa shape index (κ1) is 11.9. The Hall–Kier alpha value is -0.560. The zero-order chi connectivity index (χ0) is 12.0. The average molecular weight is 222 g/mol. The lowest BCUT2D eigenvalue weighted by atomic mass is 9.64. The Bertz CT molecular complexity index is 356. The molecule has 0 bridgehead atoms. The predicted molar refractivity (Wildman–Crippen MR) is 70.5 cm³/mol. The summed E-state index contributed by atoms with van der Waals surface area (Å²) in [6.45, 7) is 11.2. The van der Waals surface area contributed by atoms with Crippen molar-refractivity contribution in [3.05, 3.63) is 23.8 Å². The van der Waals surface area contributed by atoms with Gasteiger partial charge in [0.2, 0.25) is 0 Å². The SMILES string of the molecule is C/C=C(C)/C=C/C12OC1(C)CCCC2(C)C.[HH]. The van der Waals surface area contributed by atoms with E-state index in [1.165, 1.54) is 24.8 Å². The molecule has 92 valence electrons. The molecule has 16 heavy (non-hydrogen) atoms. The van der Waals surface area contributed by atoms with E-state index in [0.29, 0.717) is 0 Å². The molecule has 0 radical (unpaired) electrons.